The van der Waals surface area contributed by atoms with Crippen molar-refractivity contribution in [2.75, 3.05) is 0 Å². The Kier molecular flexibility index (Phi) is 3.80. The maximum Gasteiger partial charge on any atom is 0.270 e. The van der Waals surface area contributed by atoms with Gasteiger partial charge in [-0.15, -0.1) is 0 Å². The fourth-order valence-corrected chi connectivity index (χ4v) is 3.35. The van der Waals surface area contributed by atoms with Gasteiger partial charge in [-0.05, 0) is 31.2 Å². The third-order valence-electron chi connectivity index (χ3n) is 4.78. The van der Waals surface area contributed by atoms with Gasteiger partial charge in [-0.25, -0.2) is 15.0 Å². The Labute approximate surface area is 165 Å². The lowest BCUT2D eigenvalue weighted by atomic mass is 10.1. The topological polar surface area (TPSA) is 86.7 Å². The minimum Gasteiger partial charge on any atom is -0.275 e. The largest absolute Gasteiger partial charge is 0.275 e. The number of aryl methyl sites for hydroxylation is 1. The monoisotopic (exact) mass is 381 g/mol. The van der Waals surface area contributed by atoms with E-state index in [0.717, 1.165) is 22.3 Å². The number of nitrogens with zero attached hydrogens (tertiary/aromatic N) is 5. The summed E-state index contributed by atoms with van der Waals surface area (Å²) in [5.74, 6) is 0.558. The van der Waals surface area contributed by atoms with Crippen LogP contribution in [0.4, 0.5) is 5.69 Å². The average molecular weight is 381 g/mol. The van der Waals surface area contributed by atoms with E-state index in [1.165, 1.54) is 12.1 Å². The molecule has 0 aliphatic rings. The number of imidazole rings is 1. The number of fused-ring (bicyclic) bond motifs is 2. The number of non-ortho nitro benzene ring substituents is 1. The number of nitro groups is 1. The van der Waals surface area contributed by atoms with Crippen LogP contribution in [0.3, 0.4) is 0 Å². The zero-order valence-corrected chi connectivity index (χ0v) is 15.5. The summed E-state index contributed by atoms with van der Waals surface area (Å²) >= 11 is 0. The molecule has 0 aliphatic carbocycles. The molecular weight excluding hydrogens is 366 g/mol. The summed E-state index contributed by atoms with van der Waals surface area (Å²) < 4.78 is 1.90. The Morgan fingerprint density at radius 2 is 1.59 bits per heavy atom. The van der Waals surface area contributed by atoms with Gasteiger partial charge in [-0.1, -0.05) is 42.0 Å². The molecule has 0 bridgehead atoms. The molecule has 2 heterocycles. The van der Waals surface area contributed by atoms with Gasteiger partial charge in [0.05, 0.1) is 16.0 Å². The molecular formula is C22H15N5O2. The molecule has 0 radical (unpaired) electrons. The van der Waals surface area contributed by atoms with Crippen molar-refractivity contribution in [3.05, 3.63) is 88.5 Å². The smallest absolute Gasteiger partial charge is 0.270 e. The highest BCUT2D eigenvalue weighted by Crippen LogP contribution is 2.30. The van der Waals surface area contributed by atoms with Crippen LogP contribution in [0, 0.1) is 17.0 Å². The first-order valence-electron chi connectivity index (χ1n) is 9.07. The van der Waals surface area contributed by atoms with Crippen molar-refractivity contribution in [2.45, 2.75) is 6.92 Å². The highest BCUT2D eigenvalue weighted by Gasteiger charge is 2.19. The van der Waals surface area contributed by atoms with Crippen LogP contribution in [0.25, 0.3) is 39.4 Å². The fraction of sp³-hybridized carbons (Fsp3) is 0.0455. The maximum atomic E-state index is 11.3. The molecule has 0 amide bonds. The lowest BCUT2D eigenvalue weighted by molar-refractivity contribution is -0.384. The zero-order chi connectivity index (χ0) is 20.0. The summed E-state index contributed by atoms with van der Waals surface area (Å²) in [5.41, 5.74) is 5.24. The van der Waals surface area contributed by atoms with Gasteiger partial charge < -0.3 is 0 Å². The Morgan fingerprint density at radius 3 is 2.31 bits per heavy atom. The van der Waals surface area contributed by atoms with Crippen LogP contribution in [0.2, 0.25) is 0 Å². The van der Waals surface area contributed by atoms with E-state index >= 15 is 0 Å². The summed E-state index contributed by atoms with van der Waals surface area (Å²) in [7, 11) is 0. The second kappa shape index (κ2) is 6.49. The molecule has 29 heavy (non-hydrogen) atoms. The third kappa shape index (κ3) is 2.89. The minimum absolute atomic E-state index is 0.0103. The lowest BCUT2D eigenvalue weighted by Crippen LogP contribution is -2.00. The van der Waals surface area contributed by atoms with E-state index in [4.69, 9.17) is 9.97 Å². The minimum atomic E-state index is -0.410. The van der Waals surface area contributed by atoms with Crippen molar-refractivity contribution >= 4 is 28.0 Å². The van der Waals surface area contributed by atoms with Crippen LogP contribution in [0.15, 0.2) is 72.8 Å². The van der Waals surface area contributed by atoms with Crippen LogP contribution < -0.4 is 0 Å². The first kappa shape index (κ1) is 17.0. The van der Waals surface area contributed by atoms with Crippen molar-refractivity contribution in [1.82, 2.24) is 19.5 Å². The van der Waals surface area contributed by atoms with Gasteiger partial charge in [0.25, 0.3) is 5.69 Å². The normalized spacial score (nSPS) is 11.2. The highest BCUT2D eigenvalue weighted by atomic mass is 16.6. The molecule has 7 heteroatoms. The first-order valence-corrected chi connectivity index (χ1v) is 9.07. The van der Waals surface area contributed by atoms with E-state index in [-0.39, 0.29) is 5.69 Å². The number of hydrogen-bond acceptors (Lipinski definition) is 5. The molecule has 5 rings (SSSR count). The Bertz CT molecular complexity index is 1390. The third-order valence-corrected chi connectivity index (χ3v) is 4.78. The molecule has 3 aromatic carbocycles. The number of benzene rings is 3. The molecule has 5 aromatic rings. The Morgan fingerprint density at radius 1 is 0.862 bits per heavy atom. The summed E-state index contributed by atoms with van der Waals surface area (Å²) in [5, 5.41) is 11.3. The van der Waals surface area contributed by atoms with E-state index in [2.05, 4.69) is 4.98 Å². The molecule has 140 valence electrons. The second-order valence-electron chi connectivity index (χ2n) is 6.77. The molecule has 7 nitrogen and oxygen atoms in total. The van der Waals surface area contributed by atoms with E-state index in [9.17, 15) is 10.1 Å². The molecule has 0 saturated carbocycles. The quantitative estimate of drug-likeness (QED) is 0.329. The van der Waals surface area contributed by atoms with Crippen LogP contribution in [0.1, 0.15) is 5.56 Å². The number of rotatable bonds is 3. The van der Waals surface area contributed by atoms with E-state index in [0.29, 0.717) is 22.7 Å². The predicted octanol–water partition coefficient (Wildman–Crippen LogP) is 4.85. The molecule has 2 aromatic heterocycles. The van der Waals surface area contributed by atoms with Gasteiger partial charge >= 0.3 is 0 Å². The number of hydrogen-bond donors (Lipinski definition) is 0. The van der Waals surface area contributed by atoms with Gasteiger partial charge in [0.2, 0.25) is 0 Å². The molecule has 0 N–H and O–H groups in total. The van der Waals surface area contributed by atoms with Crippen molar-refractivity contribution in [1.29, 1.82) is 0 Å². The van der Waals surface area contributed by atoms with Gasteiger partial charge in [0.1, 0.15) is 5.82 Å². The van der Waals surface area contributed by atoms with Crippen LogP contribution in [0.5, 0.6) is 0 Å². The molecule has 0 unspecified atom stereocenters. The van der Waals surface area contributed by atoms with Gasteiger partial charge in [-0.3, -0.25) is 14.7 Å². The predicted molar refractivity (Wildman–Crippen MR) is 111 cm³/mol. The SMILES string of the molecule is Cc1ccc(-n2c(-c3cccc([N+](=O)[O-])c3)nc3nc4ccccc4nc32)cc1. The van der Waals surface area contributed by atoms with Crippen LogP contribution >= 0.6 is 0 Å². The summed E-state index contributed by atoms with van der Waals surface area (Å²) in [6.45, 7) is 2.02. The number of aromatic nitrogens is 4. The second-order valence-corrected chi connectivity index (χ2v) is 6.77. The van der Waals surface area contributed by atoms with Gasteiger partial charge in [0, 0.05) is 23.4 Å². The first-order chi connectivity index (χ1) is 14.1. The fourth-order valence-electron chi connectivity index (χ4n) is 3.35. The van der Waals surface area contributed by atoms with E-state index < -0.39 is 4.92 Å². The lowest BCUT2D eigenvalue weighted by Gasteiger charge is -2.09. The Balaban J connectivity index is 1.85. The summed E-state index contributed by atoms with van der Waals surface area (Å²) in [6.07, 6.45) is 0. The van der Waals surface area contributed by atoms with E-state index in [1.54, 1.807) is 12.1 Å². The molecule has 0 aliphatic heterocycles. The van der Waals surface area contributed by atoms with Crippen molar-refractivity contribution < 1.29 is 4.92 Å². The van der Waals surface area contributed by atoms with Crippen LogP contribution in [-0.4, -0.2) is 24.4 Å². The van der Waals surface area contributed by atoms with Crippen molar-refractivity contribution in [3.63, 3.8) is 0 Å². The molecule has 0 fully saturated rings. The molecule has 0 saturated heterocycles. The zero-order valence-electron chi connectivity index (χ0n) is 15.5. The number of para-hydroxylation sites is 2. The van der Waals surface area contributed by atoms with E-state index in [1.807, 2.05) is 60.0 Å². The van der Waals surface area contributed by atoms with Gasteiger partial charge in [0.15, 0.2) is 11.3 Å². The van der Waals surface area contributed by atoms with Crippen molar-refractivity contribution in [3.8, 4) is 17.1 Å². The van der Waals surface area contributed by atoms with Crippen LogP contribution in [-0.2, 0) is 0 Å². The summed E-state index contributed by atoms with van der Waals surface area (Å²) in [4.78, 5) is 25.0. The molecule has 0 atom stereocenters. The van der Waals surface area contributed by atoms with Crippen molar-refractivity contribution in [2.24, 2.45) is 0 Å². The molecule has 0 spiro atoms. The summed E-state index contributed by atoms with van der Waals surface area (Å²) in [6, 6.07) is 22.0. The Hall–Kier alpha value is -4.13. The standard InChI is InChI=1S/C22H15N5O2/c1-14-9-11-16(12-10-14)26-21(15-5-4-6-17(13-15)27(28)29)25-20-22(26)24-19-8-3-2-7-18(19)23-20/h2-13H,1H3. The maximum absolute atomic E-state index is 11.3. The average Bonchev–Trinajstić information content (AvgIpc) is 3.11. The van der Waals surface area contributed by atoms with Gasteiger partial charge in [-0.2, -0.15) is 0 Å². The highest BCUT2D eigenvalue weighted by molar-refractivity contribution is 5.86. The number of nitro benzene ring substituents is 1.